The highest BCUT2D eigenvalue weighted by molar-refractivity contribution is 7.99. The number of methoxy groups -OCH3 is 3. The Bertz CT molecular complexity index is 6680. The van der Waals surface area contributed by atoms with Crippen molar-refractivity contribution in [1.82, 2.24) is 0 Å². The topological polar surface area (TPSA) is 27.7 Å². The monoisotopic (exact) mass is 2140 g/mol. The van der Waals surface area contributed by atoms with Crippen molar-refractivity contribution in [3.8, 4) is 61.8 Å². The second-order valence-electron chi connectivity index (χ2n) is 35.4. The van der Waals surface area contributed by atoms with E-state index >= 15 is 0 Å². The van der Waals surface area contributed by atoms with E-state index in [0.717, 1.165) is 97.1 Å². The van der Waals surface area contributed by atoms with E-state index in [1.807, 2.05) is 35.3 Å². The first-order valence-corrected chi connectivity index (χ1v) is 52.7. The van der Waals surface area contributed by atoms with Crippen molar-refractivity contribution in [3.05, 3.63) is 438 Å². The maximum Gasteiger partial charge on any atom is 0.411 e. The Balaban J connectivity index is 0.000000215. The van der Waals surface area contributed by atoms with Crippen LogP contribution in [0.3, 0.4) is 0 Å². The lowest BCUT2D eigenvalue weighted by Gasteiger charge is -2.39. The van der Waals surface area contributed by atoms with Crippen LogP contribution in [-0.4, -0.2) is 89.7 Å². The third-order valence-electron chi connectivity index (χ3n) is 25.0. The number of alkyl halides is 18. The van der Waals surface area contributed by atoms with Crippen molar-refractivity contribution in [2.45, 2.75) is 182 Å². The standard InChI is InChI=1S/C29H22F6O.C20H18S.C19H18F6O.C17H14F6O.2C10H14S.C9H12S.C8H10S/c1-19-13-14-22(17-24(19)20-9-5-3-6-10-20)27(28(30,31)32,29(33,34)35)23-15-16-26(36-2)25(18-23)21-11-7-4-8-12-21;1-15-13-18(16-9-5-3-6-10-16)20(21-2)19(14-15)17-11-7-4-8-12-17;1-11-5-6-14(9-12(11)2)17(18(20,21)22,19(23,24)25)15-7-8-16(26-4)13(3)10-15;1-11-3-5-12(6-4-11)15(16(18,19)20,17(21,22)23)13-7-9-14(24-2)10-8-13;1-7-5-9(3)10(11-4)6-8(7)2;1-7-5-8(2)10(11-4)9(3)6-7;1-7-4-5-9(10-3)8(2)6-7;1-7-3-5-8(9-2)6-4-7/h3-18H,1-2H3;3-14H,1-2H3;5-10H,1-4H3;3-10H,1-2H3;2*5-6H,1-4H3;4-6H,1-3H3;3-6H,1-2H3. The van der Waals surface area contributed by atoms with Gasteiger partial charge in [-0.3, -0.25) is 0 Å². The van der Waals surface area contributed by atoms with E-state index in [9.17, 15) is 79.0 Å². The van der Waals surface area contributed by atoms with Crippen LogP contribution in [-0.2, 0) is 16.2 Å². The van der Waals surface area contributed by atoms with E-state index in [2.05, 4.69) is 240 Å². The van der Waals surface area contributed by atoms with Crippen LogP contribution >= 0.6 is 58.8 Å². The molecule has 0 unspecified atom stereocenters. The van der Waals surface area contributed by atoms with Crippen LogP contribution < -0.4 is 14.2 Å². The van der Waals surface area contributed by atoms with Crippen LogP contribution in [0.25, 0.3) is 44.5 Å². The van der Waals surface area contributed by atoms with E-state index in [4.69, 9.17) is 14.2 Å². The lowest BCUT2D eigenvalue weighted by molar-refractivity contribution is -0.290. The molecule has 15 rings (SSSR count). The quantitative estimate of drug-likeness (QED) is 0.0620. The van der Waals surface area contributed by atoms with Gasteiger partial charge in [-0.1, -0.05) is 283 Å². The molecule has 0 atom stereocenters. The van der Waals surface area contributed by atoms with E-state index in [-0.39, 0.29) is 28.4 Å². The molecule has 0 amide bonds. The highest BCUT2D eigenvalue weighted by atomic mass is 32.2. The predicted octanol–water partition coefficient (Wildman–Crippen LogP) is 38.7. The molecule has 0 fully saturated rings. The Morgan fingerprint density at radius 3 is 0.872 bits per heavy atom. The maximum atomic E-state index is 14.8. The molecule has 0 heterocycles. The molecule has 26 heteroatoms. The minimum Gasteiger partial charge on any atom is -0.497 e. The van der Waals surface area contributed by atoms with Crippen molar-refractivity contribution in [3.63, 3.8) is 0 Å². The van der Waals surface area contributed by atoms with Gasteiger partial charge in [0.15, 0.2) is 0 Å². The summed E-state index contributed by atoms with van der Waals surface area (Å²) < 4.78 is 271. The summed E-state index contributed by atoms with van der Waals surface area (Å²) in [4.78, 5) is 6.88. The van der Waals surface area contributed by atoms with Crippen LogP contribution in [0.2, 0.25) is 0 Å². The number of halogens is 18. The second kappa shape index (κ2) is 53.1. The van der Waals surface area contributed by atoms with Gasteiger partial charge in [-0.25, -0.2) is 0 Å². The van der Waals surface area contributed by atoms with Gasteiger partial charge in [0.25, 0.3) is 0 Å². The van der Waals surface area contributed by atoms with Crippen molar-refractivity contribution in [2.75, 3.05) is 52.6 Å². The molecule has 0 radical (unpaired) electrons. The first kappa shape index (κ1) is 121. The highest BCUT2D eigenvalue weighted by Gasteiger charge is 2.75. The molecular formula is C122H122F18O3S5. The Morgan fingerprint density at radius 2 is 0.500 bits per heavy atom. The van der Waals surface area contributed by atoms with Crippen LogP contribution in [0.1, 0.15) is 117 Å². The molecule has 0 aliphatic heterocycles. The fraction of sp³-hybridized carbons (Fsp3) is 0.262. The highest BCUT2D eigenvalue weighted by Crippen LogP contribution is 2.61. The third kappa shape index (κ3) is 29.3. The van der Waals surface area contributed by atoms with Gasteiger partial charge in [0.1, 0.15) is 17.2 Å². The maximum absolute atomic E-state index is 14.8. The number of ether oxygens (including phenoxy) is 3. The molecule has 0 aromatic heterocycles. The lowest BCUT2D eigenvalue weighted by atomic mass is 9.71. The summed E-state index contributed by atoms with van der Waals surface area (Å²) in [5, 5.41) is 0. The zero-order valence-electron chi connectivity index (χ0n) is 86.7. The average molecular weight is 2140 g/mol. The van der Waals surface area contributed by atoms with Crippen molar-refractivity contribution >= 4 is 58.8 Å². The minimum atomic E-state index is -5.70. The second-order valence-corrected chi connectivity index (χ2v) is 39.7. The van der Waals surface area contributed by atoms with Crippen LogP contribution in [0.15, 0.2) is 346 Å². The number of hydrogen-bond donors (Lipinski definition) is 0. The van der Waals surface area contributed by atoms with Gasteiger partial charge in [0, 0.05) is 30.0 Å². The van der Waals surface area contributed by atoms with Gasteiger partial charge >= 0.3 is 37.1 Å². The van der Waals surface area contributed by atoms with E-state index < -0.39 is 86.7 Å². The fourth-order valence-corrected chi connectivity index (χ4v) is 20.5. The van der Waals surface area contributed by atoms with Gasteiger partial charge in [-0.15, -0.1) is 58.8 Å². The zero-order valence-corrected chi connectivity index (χ0v) is 90.8. The molecule has 0 aliphatic carbocycles. The summed E-state index contributed by atoms with van der Waals surface area (Å²) in [6, 6.07) is 86.5. The largest absolute Gasteiger partial charge is 0.497 e. The van der Waals surface area contributed by atoms with Crippen molar-refractivity contribution in [1.29, 1.82) is 0 Å². The van der Waals surface area contributed by atoms with Gasteiger partial charge in [0.05, 0.1) is 21.3 Å². The van der Waals surface area contributed by atoms with E-state index in [0.29, 0.717) is 38.9 Å². The van der Waals surface area contributed by atoms with Crippen molar-refractivity contribution in [2.24, 2.45) is 0 Å². The Morgan fingerprint density at radius 1 is 0.189 bits per heavy atom. The molecule has 0 aliphatic rings. The number of aryl methyl sites for hydroxylation is 15. The van der Waals surface area contributed by atoms with Crippen LogP contribution in [0.4, 0.5) is 79.0 Å². The number of rotatable bonds is 18. The lowest BCUT2D eigenvalue weighted by Crippen LogP contribution is -2.54. The zero-order chi connectivity index (χ0) is 110. The van der Waals surface area contributed by atoms with Gasteiger partial charge < -0.3 is 14.2 Å². The van der Waals surface area contributed by atoms with E-state index in [1.165, 1.54) is 162 Å². The molecule has 0 spiro atoms. The molecule has 15 aromatic rings. The minimum absolute atomic E-state index is 0.129. The van der Waals surface area contributed by atoms with Crippen LogP contribution in [0, 0.1) is 104 Å². The van der Waals surface area contributed by atoms with Crippen molar-refractivity contribution < 1.29 is 93.2 Å². The first-order chi connectivity index (χ1) is 69.5. The van der Waals surface area contributed by atoms with Crippen LogP contribution in [0.5, 0.6) is 17.2 Å². The number of hydrogen-bond acceptors (Lipinski definition) is 8. The number of thioether (sulfide) groups is 5. The summed E-state index contributed by atoms with van der Waals surface area (Å²) in [5.41, 5.74) is 4.63. The SMILES string of the molecule is COc1ccc(C(c2ccc(C)c(-c3ccccc3)c2)(C(F)(F)F)C(F)(F)F)cc1-c1ccccc1.COc1ccc(C(c2ccc(C)c(C)c2)(C(F)(F)F)C(F)(F)F)cc1C.COc1ccc(C(c2ccc(C)cc2)(C(F)(F)F)C(F)(F)F)cc1.CSc1c(-c2ccccc2)cc(C)cc1-c1ccccc1.CSc1c(C)cc(C)cc1C.CSc1cc(C)c(C)cc1C.CSc1ccc(C)cc1.CSc1ccc(C)cc1C. The molecule has 0 saturated carbocycles. The third-order valence-corrected chi connectivity index (χ3v) is 29.5. The summed E-state index contributed by atoms with van der Waals surface area (Å²) in [7, 11) is 3.89. The fourth-order valence-electron chi connectivity index (χ4n) is 17.2. The molecule has 0 bridgehead atoms. The number of benzene rings is 15. The first-order valence-electron chi connectivity index (χ1n) is 46.6. The Labute approximate surface area is 880 Å². The van der Waals surface area contributed by atoms with E-state index in [1.54, 1.807) is 105 Å². The molecule has 148 heavy (non-hydrogen) atoms. The molecule has 784 valence electrons. The summed E-state index contributed by atoms with van der Waals surface area (Å²) >= 11 is 9.05. The Hall–Kier alpha value is -11.8. The van der Waals surface area contributed by atoms with Gasteiger partial charge in [0.2, 0.25) is 16.2 Å². The summed E-state index contributed by atoms with van der Waals surface area (Å²) in [6.45, 7) is 29.3. The molecule has 3 nitrogen and oxygen atoms in total. The molecule has 0 N–H and O–H groups in total. The molecule has 0 saturated heterocycles. The molecule has 15 aromatic carbocycles. The van der Waals surface area contributed by atoms with Gasteiger partial charge in [-0.2, -0.15) is 79.0 Å². The summed E-state index contributed by atoms with van der Waals surface area (Å²) in [5.74, 6) is 0.546. The summed E-state index contributed by atoms with van der Waals surface area (Å²) in [6.07, 6.45) is -23.1. The normalized spacial score (nSPS) is 11.7. The predicted molar refractivity (Wildman–Crippen MR) is 581 cm³/mol. The van der Waals surface area contributed by atoms with Gasteiger partial charge in [-0.05, 0) is 329 Å². The Kier molecular flexibility index (Phi) is 43.5. The average Bonchev–Trinajstić information content (AvgIpc) is 0.710. The smallest absolute Gasteiger partial charge is 0.411 e. The molecular weight excluding hydrogens is 2020 g/mol.